The maximum absolute atomic E-state index is 12.6. The van der Waals surface area contributed by atoms with Crippen LogP contribution in [0.3, 0.4) is 0 Å². The van der Waals surface area contributed by atoms with Crippen LogP contribution in [0.25, 0.3) is 0 Å². The average Bonchev–Trinajstić information content (AvgIpc) is 3.21. The maximum Gasteiger partial charge on any atom is 0.311 e. The molecular formula is C47H73NO17. The van der Waals surface area contributed by atoms with Crippen molar-refractivity contribution in [3.8, 4) is 0 Å². The summed E-state index contributed by atoms with van der Waals surface area (Å²) in [4.78, 5) is 25.1. The van der Waals surface area contributed by atoms with Crippen molar-refractivity contribution in [3.63, 3.8) is 0 Å². The van der Waals surface area contributed by atoms with E-state index in [9.17, 15) is 65.8 Å². The standard InChI is InChI=1S/C47H73NO17/c1-27-17-15-13-11-9-7-5-6-8-10-12-14-16-18-34(64-46-44(58)41(48)43(57)30(4)63-46)24-38-40(45(59)60)37(54)26-47(61,65-38)25-33(51)22-36(53)35(52)20-19-31(49)21-32(50)23-39(55)62-29(3)28(2)42(27)56/h5-18,27-38,40-44,46,49-54,56-58,61H,19-26,48H2,1-4H3,(H,59,60)/b6-5+,9-7+,10-8+,13-11+,14-12+,17-15+,18-16+/t27-,28-,29-,30+,31+,32+,33-,34-,35+,36+,37-,38+,40+,41-,42+,43+,44-,46-,47-/m0/s1. The molecule has 3 aliphatic rings. The predicted octanol–water partition coefficient (Wildman–Crippen LogP) is 0.712. The third-order valence-electron chi connectivity index (χ3n) is 12.0. The average molecular weight is 924 g/mol. The fraction of sp³-hybridized carbons (Fsp3) is 0.660. The Balaban J connectivity index is 1.86. The van der Waals surface area contributed by atoms with E-state index in [1.807, 2.05) is 19.1 Å². The van der Waals surface area contributed by atoms with Crippen molar-refractivity contribution >= 4 is 11.9 Å². The number of hydrogen-bond donors (Lipinski definition) is 12. The minimum absolute atomic E-state index is 0.107. The van der Waals surface area contributed by atoms with Crippen LogP contribution in [0, 0.1) is 17.8 Å². The number of allylic oxidation sites excluding steroid dienone is 12. The Hall–Kier alpha value is -3.44. The summed E-state index contributed by atoms with van der Waals surface area (Å²) in [5, 5.41) is 118. The lowest BCUT2D eigenvalue weighted by atomic mass is 9.82. The minimum atomic E-state index is -2.33. The predicted molar refractivity (Wildman–Crippen MR) is 237 cm³/mol. The molecule has 0 saturated carbocycles. The second kappa shape index (κ2) is 27.4. The van der Waals surface area contributed by atoms with Gasteiger partial charge in [0.25, 0.3) is 0 Å². The van der Waals surface area contributed by atoms with Gasteiger partial charge in [0.15, 0.2) is 12.1 Å². The molecule has 2 fully saturated rings. The normalized spacial score (nSPS) is 45.5. The molecule has 3 rings (SSSR count). The highest BCUT2D eigenvalue weighted by atomic mass is 16.7. The van der Waals surface area contributed by atoms with Gasteiger partial charge in [-0.3, -0.25) is 9.59 Å². The molecule has 2 saturated heterocycles. The van der Waals surface area contributed by atoms with Gasteiger partial charge in [0, 0.05) is 37.5 Å². The van der Waals surface area contributed by atoms with Crippen LogP contribution in [-0.2, 0) is 28.5 Å². The number of carbonyl (C=O) groups is 2. The summed E-state index contributed by atoms with van der Waals surface area (Å²) in [7, 11) is 0. The fourth-order valence-corrected chi connectivity index (χ4v) is 7.97. The highest BCUT2D eigenvalue weighted by molar-refractivity contribution is 5.71. The van der Waals surface area contributed by atoms with E-state index in [0.29, 0.717) is 0 Å². The molecule has 19 atom stereocenters. The molecule has 0 aromatic heterocycles. The van der Waals surface area contributed by atoms with E-state index in [0.717, 1.165) is 0 Å². The van der Waals surface area contributed by atoms with Crippen molar-refractivity contribution in [1.82, 2.24) is 0 Å². The number of cyclic esters (lactones) is 1. The van der Waals surface area contributed by atoms with Crippen LogP contribution in [0.1, 0.15) is 79.1 Å². The van der Waals surface area contributed by atoms with Gasteiger partial charge in [0.05, 0.1) is 79.6 Å². The molecule has 0 amide bonds. The van der Waals surface area contributed by atoms with Gasteiger partial charge in [-0.25, -0.2) is 0 Å². The molecular weight excluding hydrogens is 851 g/mol. The van der Waals surface area contributed by atoms with E-state index in [1.165, 1.54) is 13.0 Å². The van der Waals surface area contributed by atoms with Crippen molar-refractivity contribution in [2.45, 2.75) is 177 Å². The van der Waals surface area contributed by atoms with Crippen LogP contribution >= 0.6 is 0 Å². The first-order valence-electron chi connectivity index (χ1n) is 22.3. The van der Waals surface area contributed by atoms with Crippen LogP contribution in [0.15, 0.2) is 85.1 Å². The molecule has 3 aliphatic heterocycles. The molecule has 13 N–H and O–H groups in total. The largest absolute Gasteiger partial charge is 0.481 e. The number of fused-ring (bicyclic) bond motifs is 2. The topological polar surface area (TPSA) is 320 Å². The zero-order valence-electron chi connectivity index (χ0n) is 37.6. The van der Waals surface area contributed by atoms with Crippen LogP contribution in [0.5, 0.6) is 0 Å². The number of carboxylic acids is 1. The second-order valence-electron chi connectivity index (χ2n) is 17.6. The van der Waals surface area contributed by atoms with Crippen molar-refractivity contribution in [1.29, 1.82) is 0 Å². The number of esters is 1. The molecule has 0 radical (unpaired) electrons. The number of aliphatic hydroxyl groups is 10. The van der Waals surface area contributed by atoms with Gasteiger partial charge < -0.3 is 80.9 Å². The summed E-state index contributed by atoms with van der Waals surface area (Å²) in [6.07, 6.45) is 3.46. The number of hydrogen-bond acceptors (Lipinski definition) is 17. The van der Waals surface area contributed by atoms with E-state index in [1.54, 1.807) is 80.7 Å². The van der Waals surface area contributed by atoms with Crippen LogP contribution < -0.4 is 5.73 Å². The number of rotatable bonds is 3. The van der Waals surface area contributed by atoms with E-state index in [4.69, 9.17) is 24.7 Å². The lowest BCUT2D eigenvalue weighted by molar-refractivity contribution is -0.308. The van der Waals surface area contributed by atoms with Crippen molar-refractivity contribution in [2.75, 3.05) is 0 Å². The Bertz CT molecular complexity index is 1670. The summed E-state index contributed by atoms with van der Waals surface area (Å²) in [5.74, 6) is -6.83. The molecule has 18 heteroatoms. The highest BCUT2D eigenvalue weighted by Gasteiger charge is 2.51. The first-order chi connectivity index (χ1) is 30.6. The summed E-state index contributed by atoms with van der Waals surface area (Å²) < 4.78 is 23.1. The first-order valence-corrected chi connectivity index (χ1v) is 22.3. The Labute approximate surface area is 381 Å². The number of aliphatic hydroxyl groups excluding tert-OH is 9. The zero-order valence-corrected chi connectivity index (χ0v) is 37.6. The van der Waals surface area contributed by atoms with Gasteiger partial charge in [0.1, 0.15) is 18.1 Å². The lowest BCUT2D eigenvalue weighted by Crippen LogP contribution is -2.61. The van der Waals surface area contributed by atoms with Gasteiger partial charge in [-0.1, -0.05) is 98.9 Å². The van der Waals surface area contributed by atoms with E-state index >= 15 is 0 Å². The highest BCUT2D eigenvalue weighted by Crippen LogP contribution is 2.38. The Morgan fingerprint density at radius 3 is 1.82 bits per heavy atom. The molecule has 18 nitrogen and oxygen atoms in total. The molecule has 0 aromatic carbocycles. The van der Waals surface area contributed by atoms with Crippen molar-refractivity contribution in [2.24, 2.45) is 23.5 Å². The second-order valence-corrected chi connectivity index (χ2v) is 17.6. The lowest BCUT2D eigenvalue weighted by Gasteiger charge is -2.45. The van der Waals surface area contributed by atoms with E-state index in [-0.39, 0.29) is 31.6 Å². The Kier molecular flexibility index (Phi) is 23.6. The third-order valence-corrected chi connectivity index (χ3v) is 12.0. The Morgan fingerprint density at radius 2 is 1.23 bits per heavy atom. The summed E-state index contributed by atoms with van der Waals surface area (Å²) in [6.45, 7) is 6.74. The molecule has 0 spiro atoms. The van der Waals surface area contributed by atoms with Crippen molar-refractivity contribution in [3.05, 3.63) is 85.1 Å². The smallest absolute Gasteiger partial charge is 0.311 e. The fourth-order valence-electron chi connectivity index (χ4n) is 7.97. The molecule has 0 aromatic rings. The van der Waals surface area contributed by atoms with Gasteiger partial charge in [0.2, 0.25) is 0 Å². The van der Waals surface area contributed by atoms with Gasteiger partial charge >= 0.3 is 11.9 Å². The van der Waals surface area contributed by atoms with Crippen molar-refractivity contribution < 1.29 is 84.7 Å². The van der Waals surface area contributed by atoms with Gasteiger partial charge in [-0.2, -0.15) is 0 Å². The quantitative estimate of drug-likeness (QED) is 0.174. The number of ether oxygens (including phenoxy) is 4. The number of carboxylic acid groups (broad SMARTS) is 1. The molecule has 0 unspecified atom stereocenters. The van der Waals surface area contributed by atoms with Crippen LogP contribution in [0.2, 0.25) is 0 Å². The van der Waals surface area contributed by atoms with Crippen LogP contribution in [-0.4, -0.2) is 166 Å². The molecule has 368 valence electrons. The SMILES string of the molecule is C[C@@H]1[C@H](O)[C@@H](C)/C=C/C=C/C=C/C=C/C=C/C=C/C=C/[C@H](O[C@@H]2O[C@H](C)[C@@H](O)[C@H](N)[C@@H]2O)C[C@H]2O[C@@](O)(C[C@@H](O)C[C@@H](O)[C@H](O)CC[C@@H](O)C[C@@H](O)CC(=O)O[C@H]1C)C[C@H](O)[C@H]2C(=O)O. The molecule has 3 heterocycles. The zero-order chi connectivity index (χ0) is 48.4. The number of aliphatic carboxylic acids is 1. The summed E-state index contributed by atoms with van der Waals surface area (Å²) >= 11 is 0. The van der Waals surface area contributed by atoms with Crippen LogP contribution in [0.4, 0.5) is 0 Å². The van der Waals surface area contributed by atoms with Gasteiger partial charge in [-0.15, -0.1) is 0 Å². The molecule has 2 bridgehead atoms. The molecule has 65 heavy (non-hydrogen) atoms. The molecule has 0 aliphatic carbocycles. The van der Waals surface area contributed by atoms with E-state index < -0.39 is 147 Å². The van der Waals surface area contributed by atoms with Gasteiger partial charge in [-0.05, 0) is 33.1 Å². The summed E-state index contributed by atoms with van der Waals surface area (Å²) in [6, 6.07) is -1.15. The van der Waals surface area contributed by atoms with E-state index in [2.05, 4.69) is 0 Å². The number of carbonyl (C=O) groups excluding carboxylic acids is 1. The maximum atomic E-state index is 12.6. The summed E-state index contributed by atoms with van der Waals surface area (Å²) in [5.41, 5.74) is 6.02. The number of nitrogens with two attached hydrogens (primary N) is 1. The first kappa shape index (κ1) is 55.9. The monoisotopic (exact) mass is 923 g/mol. The minimum Gasteiger partial charge on any atom is -0.481 e. The third kappa shape index (κ3) is 18.6. The Morgan fingerprint density at radius 1 is 0.662 bits per heavy atom.